The van der Waals surface area contributed by atoms with E-state index in [9.17, 15) is 9.59 Å². The number of carboxylic acids is 1. The highest BCUT2D eigenvalue weighted by Crippen LogP contribution is 2.14. The predicted molar refractivity (Wildman–Crippen MR) is 61.2 cm³/mol. The first-order chi connectivity index (χ1) is 7.65. The van der Waals surface area contributed by atoms with Gasteiger partial charge in [-0.3, -0.25) is 9.59 Å². The van der Waals surface area contributed by atoms with Crippen LogP contribution in [0.2, 0.25) is 0 Å². The van der Waals surface area contributed by atoms with Gasteiger partial charge in [-0.2, -0.15) is 0 Å². The lowest BCUT2D eigenvalue weighted by molar-refractivity contribution is -0.136. The molecule has 0 heterocycles. The minimum absolute atomic E-state index is 0.0888. The molecule has 0 saturated carbocycles. The fraction of sp³-hybridized carbons (Fsp3) is 0.167. The summed E-state index contributed by atoms with van der Waals surface area (Å²) in [5.74, 6) is -1.23. The van der Waals surface area contributed by atoms with Gasteiger partial charge in [0.15, 0.2) is 0 Å². The van der Waals surface area contributed by atoms with E-state index in [0.29, 0.717) is 5.69 Å². The van der Waals surface area contributed by atoms with E-state index in [1.807, 2.05) is 6.07 Å². The molecule has 1 rings (SSSR count). The maximum Gasteiger partial charge on any atom is 0.305 e. The van der Waals surface area contributed by atoms with Gasteiger partial charge in [0, 0.05) is 12.2 Å². The molecule has 0 aliphatic heterocycles. The van der Waals surface area contributed by atoms with Crippen LogP contribution >= 0.6 is 0 Å². The zero-order valence-electron chi connectivity index (χ0n) is 8.80. The van der Waals surface area contributed by atoms with Gasteiger partial charge >= 0.3 is 5.97 Å². The molecule has 1 amide bonds. The number of carbonyl (C=O) groups excluding carboxylic acids is 1. The molecule has 0 bridgehead atoms. The number of hydrogen-bond donors (Lipinski definition) is 1. The highest BCUT2D eigenvalue weighted by molar-refractivity contribution is 6.01. The van der Waals surface area contributed by atoms with Crippen molar-refractivity contribution in [2.75, 3.05) is 11.4 Å². The second kappa shape index (κ2) is 5.70. The SMILES string of the molecule is C=CC(=O)N(CCC(=O)O)c1ccccc1. The molecule has 84 valence electrons. The van der Waals surface area contributed by atoms with Crippen LogP contribution in [-0.2, 0) is 9.59 Å². The van der Waals surface area contributed by atoms with Gasteiger partial charge in [-0.1, -0.05) is 24.8 Å². The van der Waals surface area contributed by atoms with Gasteiger partial charge in [-0.05, 0) is 18.2 Å². The third-order valence-electron chi connectivity index (χ3n) is 2.06. The molecule has 0 spiro atoms. The van der Waals surface area contributed by atoms with Crippen molar-refractivity contribution in [3.8, 4) is 0 Å². The molecule has 0 radical (unpaired) electrons. The van der Waals surface area contributed by atoms with Crippen molar-refractivity contribution in [1.29, 1.82) is 0 Å². The van der Waals surface area contributed by atoms with Gasteiger partial charge in [0.1, 0.15) is 0 Å². The lowest BCUT2D eigenvalue weighted by Gasteiger charge is -2.20. The third-order valence-corrected chi connectivity index (χ3v) is 2.06. The number of amides is 1. The van der Waals surface area contributed by atoms with Crippen LogP contribution in [0.1, 0.15) is 6.42 Å². The van der Waals surface area contributed by atoms with Crippen LogP contribution in [0.5, 0.6) is 0 Å². The lowest BCUT2D eigenvalue weighted by Crippen LogP contribution is -2.31. The van der Waals surface area contributed by atoms with Crippen molar-refractivity contribution in [1.82, 2.24) is 0 Å². The molecular weight excluding hydrogens is 206 g/mol. The normalized spacial score (nSPS) is 9.50. The minimum Gasteiger partial charge on any atom is -0.481 e. The Kier molecular flexibility index (Phi) is 4.27. The number of carbonyl (C=O) groups is 2. The van der Waals surface area contributed by atoms with Crippen molar-refractivity contribution in [3.05, 3.63) is 43.0 Å². The number of nitrogens with zero attached hydrogens (tertiary/aromatic N) is 1. The van der Waals surface area contributed by atoms with Crippen LogP contribution in [0.15, 0.2) is 43.0 Å². The number of benzene rings is 1. The number of hydrogen-bond acceptors (Lipinski definition) is 2. The van der Waals surface area contributed by atoms with E-state index in [4.69, 9.17) is 5.11 Å². The molecule has 4 heteroatoms. The van der Waals surface area contributed by atoms with Crippen LogP contribution in [0.25, 0.3) is 0 Å². The summed E-state index contributed by atoms with van der Waals surface area (Å²) in [5.41, 5.74) is 0.675. The summed E-state index contributed by atoms with van der Waals surface area (Å²) in [5, 5.41) is 8.60. The molecule has 0 aromatic heterocycles. The van der Waals surface area contributed by atoms with Gasteiger partial charge in [-0.15, -0.1) is 0 Å². The van der Waals surface area contributed by atoms with E-state index in [0.717, 1.165) is 0 Å². The molecule has 1 N–H and O–H groups in total. The molecule has 0 aliphatic rings. The number of para-hydroxylation sites is 1. The summed E-state index contributed by atoms with van der Waals surface area (Å²) >= 11 is 0. The summed E-state index contributed by atoms with van der Waals surface area (Å²) in [6, 6.07) is 8.92. The molecule has 0 unspecified atom stereocenters. The molecule has 1 aromatic rings. The second-order valence-corrected chi connectivity index (χ2v) is 3.17. The van der Waals surface area contributed by atoms with Crippen molar-refractivity contribution in [3.63, 3.8) is 0 Å². The first-order valence-corrected chi connectivity index (χ1v) is 4.86. The molecular formula is C12H13NO3. The molecule has 0 fully saturated rings. The van der Waals surface area contributed by atoms with Gasteiger partial charge in [0.05, 0.1) is 6.42 Å². The van der Waals surface area contributed by atoms with E-state index < -0.39 is 5.97 Å². The Balaban J connectivity index is 2.83. The van der Waals surface area contributed by atoms with Crippen LogP contribution in [0.3, 0.4) is 0 Å². The first kappa shape index (κ1) is 12.0. The van der Waals surface area contributed by atoms with Crippen LogP contribution in [-0.4, -0.2) is 23.5 Å². The minimum atomic E-state index is -0.933. The lowest BCUT2D eigenvalue weighted by atomic mass is 10.2. The Morgan fingerprint density at radius 3 is 2.44 bits per heavy atom. The van der Waals surface area contributed by atoms with Crippen molar-refractivity contribution in [2.24, 2.45) is 0 Å². The monoisotopic (exact) mass is 219 g/mol. The molecule has 1 aromatic carbocycles. The Labute approximate surface area is 93.8 Å². The van der Waals surface area contributed by atoms with Crippen molar-refractivity contribution in [2.45, 2.75) is 6.42 Å². The third kappa shape index (κ3) is 3.24. The summed E-state index contributed by atoms with van der Waals surface area (Å²) < 4.78 is 0. The molecule has 16 heavy (non-hydrogen) atoms. The van der Waals surface area contributed by atoms with E-state index in [1.54, 1.807) is 24.3 Å². The zero-order valence-corrected chi connectivity index (χ0v) is 8.80. The smallest absolute Gasteiger partial charge is 0.305 e. The fourth-order valence-electron chi connectivity index (χ4n) is 1.29. The van der Waals surface area contributed by atoms with Crippen LogP contribution < -0.4 is 4.90 Å². The molecule has 0 aliphatic carbocycles. The van der Waals surface area contributed by atoms with Gasteiger partial charge in [0.25, 0.3) is 0 Å². The van der Waals surface area contributed by atoms with E-state index >= 15 is 0 Å². The fourth-order valence-corrected chi connectivity index (χ4v) is 1.29. The topological polar surface area (TPSA) is 57.6 Å². The summed E-state index contributed by atoms with van der Waals surface area (Å²) in [4.78, 5) is 23.4. The molecule has 0 atom stereocenters. The predicted octanol–water partition coefficient (Wildman–Crippen LogP) is 1.68. The van der Waals surface area contributed by atoms with E-state index in [2.05, 4.69) is 6.58 Å². The maximum absolute atomic E-state index is 11.5. The van der Waals surface area contributed by atoms with Crippen LogP contribution in [0.4, 0.5) is 5.69 Å². The largest absolute Gasteiger partial charge is 0.481 e. The summed E-state index contributed by atoms with van der Waals surface area (Å²) in [7, 11) is 0. The number of carboxylic acid groups (broad SMARTS) is 1. The van der Waals surface area contributed by atoms with Gasteiger partial charge in [-0.25, -0.2) is 0 Å². The van der Waals surface area contributed by atoms with Crippen molar-refractivity contribution >= 4 is 17.6 Å². The molecule has 0 saturated heterocycles. The maximum atomic E-state index is 11.5. The first-order valence-electron chi connectivity index (χ1n) is 4.86. The van der Waals surface area contributed by atoms with Gasteiger partial charge in [0.2, 0.25) is 5.91 Å². The number of rotatable bonds is 5. The standard InChI is InChI=1S/C12H13NO3/c1-2-11(14)13(9-8-12(15)16)10-6-4-3-5-7-10/h2-7H,1,8-9H2,(H,15,16). The zero-order chi connectivity index (χ0) is 12.0. The second-order valence-electron chi connectivity index (χ2n) is 3.17. The summed E-state index contributed by atoms with van der Waals surface area (Å²) in [6.45, 7) is 3.54. The highest BCUT2D eigenvalue weighted by atomic mass is 16.4. The summed E-state index contributed by atoms with van der Waals surface area (Å²) in [6.07, 6.45) is 1.09. The average molecular weight is 219 g/mol. The Morgan fingerprint density at radius 2 is 1.94 bits per heavy atom. The number of anilines is 1. The Morgan fingerprint density at radius 1 is 1.31 bits per heavy atom. The van der Waals surface area contributed by atoms with Gasteiger partial charge < -0.3 is 10.0 Å². The quantitative estimate of drug-likeness (QED) is 0.766. The highest BCUT2D eigenvalue weighted by Gasteiger charge is 2.13. The van der Waals surface area contributed by atoms with Crippen LogP contribution in [0, 0.1) is 0 Å². The Hall–Kier alpha value is -2.10. The Bertz CT molecular complexity index is 387. The average Bonchev–Trinajstić information content (AvgIpc) is 2.30. The van der Waals surface area contributed by atoms with E-state index in [-0.39, 0.29) is 18.9 Å². The number of aliphatic carboxylic acids is 1. The van der Waals surface area contributed by atoms with E-state index in [1.165, 1.54) is 11.0 Å². The van der Waals surface area contributed by atoms with Crippen molar-refractivity contribution < 1.29 is 14.7 Å². The molecule has 4 nitrogen and oxygen atoms in total.